The molecule has 3 aromatic heterocycles. The molecule has 0 radical (unpaired) electrons. The number of rotatable bonds is 3. The Bertz CT molecular complexity index is 902. The zero-order chi connectivity index (χ0) is 17.4. The molecule has 1 aliphatic rings. The van der Waals surface area contributed by atoms with Crippen molar-refractivity contribution in [1.82, 2.24) is 23.8 Å². The Morgan fingerprint density at radius 2 is 2.28 bits per heavy atom. The number of halogens is 1. The Hall–Kier alpha value is -2.70. The summed E-state index contributed by atoms with van der Waals surface area (Å²) in [5.74, 6) is -0.556. The fourth-order valence-electron chi connectivity index (χ4n) is 3.59. The molecule has 1 fully saturated rings. The third-order valence-corrected chi connectivity index (χ3v) is 4.82. The van der Waals surface area contributed by atoms with E-state index < -0.39 is 5.95 Å². The number of aryl methyl sites for hydroxylation is 1. The van der Waals surface area contributed by atoms with Gasteiger partial charge in [-0.3, -0.25) is 9.20 Å². The lowest BCUT2D eigenvalue weighted by atomic mass is 9.97. The van der Waals surface area contributed by atoms with Gasteiger partial charge < -0.3 is 9.47 Å². The van der Waals surface area contributed by atoms with Crippen LogP contribution in [0.3, 0.4) is 0 Å². The minimum absolute atomic E-state index is 0.0856. The molecular formula is C18H20FN5O. The Balaban J connectivity index is 1.56. The number of carbonyl (C=O) groups is 1. The summed E-state index contributed by atoms with van der Waals surface area (Å²) in [6, 6.07) is 5.33. The number of piperidine rings is 1. The van der Waals surface area contributed by atoms with E-state index >= 15 is 0 Å². The number of carbonyl (C=O) groups excluding carboxylic acids is 1. The van der Waals surface area contributed by atoms with E-state index in [9.17, 15) is 9.18 Å². The van der Waals surface area contributed by atoms with Crippen LogP contribution >= 0.6 is 0 Å². The molecule has 0 bridgehead atoms. The van der Waals surface area contributed by atoms with Gasteiger partial charge in [0.25, 0.3) is 5.91 Å². The van der Waals surface area contributed by atoms with Crippen LogP contribution in [0.15, 0.2) is 36.9 Å². The van der Waals surface area contributed by atoms with E-state index in [1.807, 2.05) is 16.8 Å². The predicted molar refractivity (Wildman–Crippen MR) is 90.7 cm³/mol. The molecule has 4 rings (SSSR count). The highest BCUT2D eigenvalue weighted by atomic mass is 19.1. The van der Waals surface area contributed by atoms with Crippen molar-refractivity contribution in [3.05, 3.63) is 54.3 Å². The monoisotopic (exact) mass is 341 g/mol. The van der Waals surface area contributed by atoms with Crippen molar-refractivity contribution in [3.8, 4) is 0 Å². The smallest absolute Gasteiger partial charge is 0.277 e. The highest BCUT2D eigenvalue weighted by molar-refractivity contribution is 5.93. The Labute approximate surface area is 144 Å². The van der Waals surface area contributed by atoms with Crippen LogP contribution in [0.25, 0.3) is 5.65 Å². The van der Waals surface area contributed by atoms with Gasteiger partial charge in [0.1, 0.15) is 5.65 Å². The standard InChI is InChI=1S/C18H20FN5O/c1-13-4-2-6-15-21-16(17(19)24(13)15)18(25)23-8-3-5-14(11-23)10-22-9-7-20-12-22/h2,4,6-7,9,12,14H,3,5,8,10-11H2,1H3/t14-/m1/s1. The molecule has 3 aromatic rings. The average molecular weight is 341 g/mol. The summed E-state index contributed by atoms with van der Waals surface area (Å²) < 4.78 is 18.1. The minimum atomic E-state index is -0.574. The Morgan fingerprint density at radius 1 is 1.40 bits per heavy atom. The van der Waals surface area contributed by atoms with Crippen molar-refractivity contribution < 1.29 is 9.18 Å². The summed E-state index contributed by atoms with van der Waals surface area (Å²) >= 11 is 0. The summed E-state index contributed by atoms with van der Waals surface area (Å²) in [7, 11) is 0. The van der Waals surface area contributed by atoms with E-state index in [0.29, 0.717) is 24.7 Å². The molecule has 0 spiro atoms. The van der Waals surface area contributed by atoms with Crippen LogP contribution in [0.1, 0.15) is 29.0 Å². The lowest BCUT2D eigenvalue weighted by molar-refractivity contribution is 0.0651. The van der Waals surface area contributed by atoms with Crippen molar-refractivity contribution in [2.24, 2.45) is 5.92 Å². The first-order chi connectivity index (χ1) is 12.1. The molecule has 0 aromatic carbocycles. The van der Waals surface area contributed by atoms with Gasteiger partial charge in [0.15, 0.2) is 5.69 Å². The van der Waals surface area contributed by atoms with Gasteiger partial charge in [-0.15, -0.1) is 0 Å². The molecule has 1 aliphatic heterocycles. The fourth-order valence-corrected chi connectivity index (χ4v) is 3.59. The number of amides is 1. The van der Waals surface area contributed by atoms with Gasteiger partial charge in [-0.1, -0.05) is 6.07 Å². The topological polar surface area (TPSA) is 55.4 Å². The first-order valence-corrected chi connectivity index (χ1v) is 8.52. The molecular weight excluding hydrogens is 321 g/mol. The predicted octanol–water partition coefficient (Wildman–Crippen LogP) is 2.53. The second kappa shape index (κ2) is 6.31. The molecule has 1 saturated heterocycles. The van der Waals surface area contributed by atoms with E-state index in [1.165, 1.54) is 4.40 Å². The van der Waals surface area contributed by atoms with Crippen LogP contribution in [0.4, 0.5) is 4.39 Å². The van der Waals surface area contributed by atoms with Crippen molar-refractivity contribution in [2.45, 2.75) is 26.3 Å². The fraction of sp³-hybridized carbons (Fsp3) is 0.389. The number of nitrogens with zero attached hydrogens (tertiary/aromatic N) is 5. The summed E-state index contributed by atoms with van der Waals surface area (Å²) in [5.41, 5.74) is 1.10. The van der Waals surface area contributed by atoms with Crippen LogP contribution in [-0.2, 0) is 6.54 Å². The van der Waals surface area contributed by atoms with Gasteiger partial charge in [-0.25, -0.2) is 9.97 Å². The first kappa shape index (κ1) is 15.8. The van der Waals surface area contributed by atoms with Gasteiger partial charge in [0.05, 0.1) is 6.33 Å². The molecule has 7 heteroatoms. The van der Waals surface area contributed by atoms with Crippen molar-refractivity contribution in [1.29, 1.82) is 0 Å². The van der Waals surface area contributed by atoms with Crippen LogP contribution in [-0.4, -0.2) is 42.8 Å². The van der Waals surface area contributed by atoms with Crippen LogP contribution in [0.2, 0.25) is 0 Å². The average Bonchev–Trinajstić information content (AvgIpc) is 3.23. The van der Waals surface area contributed by atoms with E-state index in [2.05, 4.69) is 9.97 Å². The van der Waals surface area contributed by atoms with Crippen molar-refractivity contribution in [2.75, 3.05) is 13.1 Å². The number of hydrogen-bond donors (Lipinski definition) is 0. The van der Waals surface area contributed by atoms with Crippen molar-refractivity contribution >= 4 is 11.6 Å². The van der Waals surface area contributed by atoms with E-state index in [-0.39, 0.29) is 11.6 Å². The number of hydrogen-bond acceptors (Lipinski definition) is 3. The normalized spacial score (nSPS) is 18.0. The summed E-state index contributed by atoms with van der Waals surface area (Å²) in [5, 5.41) is 0. The van der Waals surface area contributed by atoms with Gasteiger partial charge in [0, 0.05) is 37.7 Å². The molecule has 25 heavy (non-hydrogen) atoms. The second-order valence-corrected chi connectivity index (χ2v) is 6.63. The zero-order valence-electron chi connectivity index (χ0n) is 14.1. The molecule has 0 saturated carbocycles. The number of imidazole rings is 2. The second-order valence-electron chi connectivity index (χ2n) is 6.63. The largest absolute Gasteiger partial charge is 0.337 e. The molecule has 1 atom stereocenters. The Morgan fingerprint density at radius 3 is 3.04 bits per heavy atom. The minimum Gasteiger partial charge on any atom is -0.337 e. The maximum atomic E-state index is 14.7. The third-order valence-electron chi connectivity index (χ3n) is 4.82. The molecule has 6 nitrogen and oxygen atoms in total. The quantitative estimate of drug-likeness (QED) is 0.736. The molecule has 4 heterocycles. The van der Waals surface area contributed by atoms with Crippen LogP contribution in [0, 0.1) is 18.8 Å². The maximum Gasteiger partial charge on any atom is 0.277 e. The van der Waals surface area contributed by atoms with Crippen molar-refractivity contribution in [3.63, 3.8) is 0 Å². The van der Waals surface area contributed by atoms with Gasteiger partial charge in [0.2, 0.25) is 5.95 Å². The van der Waals surface area contributed by atoms with E-state index in [0.717, 1.165) is 25.1 Å². The molecule has 0 aliphatic carbocycles. The highest BCUT2D eigenvalue weighted by Crippen LogP contribution is 2.22. The molecule has 0 unspecified atom stereocenters. The van der Waals surface area contributed by atoms with Gasteiger partial charge >= 0.3 is 0 Å². The lowest BCUT2D eigenvalue weighted by Crippen LogP contribution is -2.41. The number of pyridine rings is 1. The summed E-state index contributed by atoms with van der Waals surface area (Å²) in [4.78, 5) is 22.9. The summed E-state index contributed by atoms with van der Waals surface area (Å²) in [6.45, 7) is 3.87. The summed E-state index contributed by atoms with van der Waals surface area (Å²) in [6.07, 6.45) is 7.42. The Kier molecular flexibility index (Phi) is 3.99. The van der Waals surface area contributed by atoms with Crippen LogP contribution in [0.5, 0.6) is 0 Å². The lowest BCUT2D eigenvalue weighted by Gasteiger charge is -2.32. The van der Waals surface area contributed by atoms with Gasteiger partial charge in [-0.05, 0) is 37.8 Å². The molecule has 130 valence electrons. The molecule has 0 N–H and O–H groups in total. The van der Waals surface area contributed by atoms with E-state index in [4.69, 9.17) is 0 Å². The highest BCUT2D eigenvalue weighted by Gasteiger charge is 2.29. The third kappa shape index (κ3) is 2.90. The first-order valence-electron chi connectivity index (χ1n) is 8.52. The van der Waals surface area contributed by atoms with Gasteiger partial charge in [-0.2, -0.15) is 4.39 Å². The SMILES string of the molecule is Cc1cccc2nc(C(=O)N3CCC[C@H](Cn4ccnc4)C3)c(F)n12. The zero-order valence-corrected chi connectivity index (χ0v) is 14.1. The molecule has 1 amide bonds. The van der Waals surface area contributed by atoms with Crippen LogP contribution < -0.4 is 0 Å². The van der Waals surface area contributed by atoms with E-state index in [1.54, 1.807) is 36.5 Å². The maximum absolute atomic E-state index is 14.7. The number of fused-ring (bicyclic) bond motifs is 1. The number of likely N-dealkylation sites (tertiary alicyclic amines) is 1. The number of aromatic nitrogens is 4.